The molecule has 2 amide bonds. The van der Waals surface area contributed by atoms with Gasteiger partial charge >= 0.3 is 6.09 Å². The van der Waals surface area contributed by atoms with Gasteiger partial charge in [-0.2, -0.15) is 5.26 Å². The molecule has 2 fully saturated rings. The van der Waals surface area contributed by atoms with Crippen molar-refractivity contribution < 1.29 is 14.3 Å². The third-order valence-corrected chi connectivity index (χ3v) is 5.87. The Kier molecular flexibility index (Phi) is 7.56. The third kappa shape index (κ3) is 5.88. The lowest BCUT2D eigenvalue weighted by molar-refractivity contribution is -0.127. The zero-order chi connectivity index (χ0) is 21.5. The highest BCUT2D eigenvalue weighted by Crippen LogP contribution is 2.22. The Balaban J connectivity index is 1.39. The van der Waals surface area contributed by atoms with Crippen molar-refractivity contribution in [2.75, 3.05) is 37.7 Å². The molecule has 2 heterocycles. The van der Waals surface area contributed by atoms with E-state index in [0.717, 1.165) is 31.6 Å². The van der Waals surface area contributed by atoms with E-state index in [1.165, 1.54) is 0 Å². The molecule has 2 saturated heterocycles. The molecule has 7 nitrogen and oxygen atoms in total. The summed E-state index contributed by atoms with van der Waals surface area (Å²) < 4.78 is 5.29. The van der Waals surface area contributed by atoms with Crippen molar-refractivity contribution in [3.63, 3.8) is 0 Å². The zero-order valence-corrected chi connectivity index (χ0v) is 18.0. The summed E-state index contributed by atoms with van der Waals surface area (Å²) in [6.07, 6.45) is 2.93. The molecule has 1 aromatic carbocycles. The summed E-state index contributed by atoms with van der Waals surface area (Å²) in [5.41, 5.74) is 1.79. The highest BCUT2D eigenvalue weighted by molar-refractivity contribution is 5.79. The molecule has 0 aliphatic carbocycles. The number of carbonyl (C=O) groups is 2. The van der Waals surface area contributed by atoms with Gasteiger partial charge in [-0.05, 0) is 55.9 Å². The van der Waals surface area contributed by atoms with Gasteiger partial charge in [-0.3, -0.25) is 4.79 Å². The van der Waals surface area contributed by atoms with Crippen LogP contribution in [0.2, 0.25) is 0 Å². The minimum atomic E-state index is -0.266. The van der Waals surface area contributed by atoms with E-state index in [2.05, 4.69) is 16.3 Å². The summed E-state index contributed by atoms with van der Waals surface area (Å²) in [5.74, 6) is 0.401. The van der Waals surface area contributed by atoms with Crippen LogP contribution in [-0.4, -0.2) is 55.7 Å². The maximum absolute atomic E-state index is 12.7. The number of likely N-dealkylation sites (tertiary alicyclic amines) is 1. The summed E-state index contributed by atoms with van der Waals surface area (Å²) in [4.78, 5) is 28.8. The average molecular weight is 413 g/mol. The first-order valence-corrected chi connectivity index (χ1v) is 10.9. The number of amides is 2. The Morgan fingerprint density at radius 3 is 2.30 bits per heavy atom. The molecule has 0 unspecified atom stereocenters. The fraction of sp³-hybridized carbons (Fsp3) is 0.609. The van der Waals surface area contributed by atoms with Crippen molar-refractivity contribution in [1.82, 2.24) is 10.2 Å². The number of carbonyl (C=O) groups excluding carboxylic acids is 2. The van der Waals surface area contributed by atoms with E-state index < -0.39 is 0 Å². The molecule has 30 heavy (non-hydrogen) atoms. The standard InChI is InChI=1S/C23H32N4O3/c1-17(2)16-30-23(29)27-11-7-19(8-12-27)22(28)25-20-9-13-26(14-10-20)21-5-3-18(15-24)4-6-21/h3-6,17,19-20H,7-14,16H2,1-2H3,(H,25,28). The summed E-state index contributed by atoms with van der Waals surface area (Å²) in [5, 5.41) is 12.1. The van der Waals surface area contributed by atoms with E-state index in [1.54, 1.807) is 4.90 Å². The summed E-state index contributed by atoms with van der Waals surface area (Å²) in [6.45, 7) is 7.38. The van der Waals surface area contributed by atoms with Crippen molar-refractivity contribution in [3.8, 4) is 6.07 Å². The molecule has 0 aromatic heterocycles. The summed E-state index contributed by atoms with van der Waals surface area (Å²) in [7, 11) is 0. The molecule has 0 bridgehead atoms. The van der Waals surface area contributed by atoms with Gasteiger partial charge < -0.3 is 19.9 Å². The van der Waals surface area contributed by atoms with Crippen molar-refractivity contribution in [3.05, 3.63) is 29.8 Å². The Hall–Kier alpha value is -2.75. The normalized spacial score (nSPS) is 18.2. The second-order valence-electron chi connectivity index (χ2n) is 8.66. The highest BCUT2D eigenvalue weighted by atomic mass is 16.6. The maximum atomic E-state index is 12.7. The number of nitriles is 1. The molecule has 0 atom stereocenters. The number of piperidine rings is 2. The molecule has 2 aliphatic heterocycles. The fourth-order valence-corrected chi connectivity index (χ4v) is 4.00. The van der Waals surface area contributed by atoms with Gasteiger partial charge in [0, 0.05) is 43.8 Å². The topological polar surface area (TPSA) is 85.7 Å². The molecule has 7 heteroatoms. The predicted molar refractivity (Wildman–Crippen MR) is 115 cm³/mol. The van der Waals surface area contributed by atoms with Gasteiger partial charge in [-0.25, -0.2) is 4.79 Å². The number of nitrogens with one attached hydrogen (secondary N) is 1. The highest BCUT2D eigenvalue weighted by Gasteiger charge is 2.30. The second-order valence-corrected chi connectivity index (χ2v) is 8.66. The van der Waals surface area contributed by atoms with E-state index in [4.69, 9.17) is 10.00 Å². The first-order chi connectivity index (χ1) is 14.5. The molecule has 0 spiro atoms. The number of hydrogen-bond donors (Lipinski definition) is 1. The maximum Gasteiger partial charge on any atom is 0.409 e. The number of hydrogen-bond acceptors (Lipinski definition) is 5. The lowest BCUT2D eigenvalue weighted by Crippen LogP contribution is -2.48. The van der Waals surface area contributed by atoms with Crippen molar-refractivity contribution >= 4 is 17.7 Å². The lowest BCUT2D eigenvalue weighted by atomic mass is 9.95. The first-order valence-electron chi connectivity index (χ1n) is 10.9. The molecule has 162 valence electrons. The summed E-state index contributed by atoms with van der Waals surface area (Å²) >= 11 is 0. The van der Waals surface area contributed by atoms with Gasteiger partial charge in [0.1, 0.15) is 0 Å². The van der Waals surface area contributed by atoms with Crippen LogP contribution in [0.1, 0.15) is 45.1 Å². The van der Waals surface area contributed by atoms with Gasteiger partial charge in [-0.1, -0.05) is 13.8 Å². The van der Waals surface area contributed by atoms with Crippen LogP contribution in [0.3, 0.4) is 0 Å². The molecule has 1 N–H and O–H groups in total. The Labute approximate surface area is 179 Å². The van der Waals surface area contributed by atoms with Gasteiger partial charge in [0.2, 0.25) is 5.91 Å². The molecule has 1 aromatic rings. The second kappa shape index (κ2) is 10.3. The molecule has 0 radical (unpaired) electrons. The van der Waals surface area contributed by atoms with Crippen molar-refractivity contribution in [2.45, 2.75) is 45.6 Å². The Morgan fingerprint density at radius 2 is 1.73 bits per heavy atom. The van der Waals surface area contributed by atoms with Crippen LogP contribution in [0.5, 0.6) is 0 Å². The zero-order valence-electron chi connectivity index (χ0n) is 18.0. The van der Waals surface area contributed by atoms with Gasteiger partial charge in [-0.15, -0.1) is 0 Å². The van der Waals surface area contributed by atoms with E-state index >= 15 is 0 Å². The van der Waals surface area contributed by atoms with Crippen LogP contribution in [0.4, 0.5) is 10.5 Å². The van der Waals surface area contributed by atoms with Crippen LogP contribution < -0.4 is 10.2 Å². The quantitative estimate of drug-likeness (QED) is 0.803. The first kappa shape index (κ1) is 21.9. The van der Waals surface area contributed by atoms with Crippen LogP contribution in [-0.2, 0) is 9.53 Å². The van der Waals surface area contributed by atoms with Crippen LogP contribution in [0.15, 0.2) is 24.3 Å². The molecular weight excluding hydrogens is 380 g/mol. The molecule has 0 saturated carbocycles. The van der Waals surface area contributed by atoms with E-state index in [0.29, 0.717) is 44.0 Å². The SMILES string of the molecule is CC(C)COC(=O)N1CCC(C(=O)NC2CCN(c3ccc(C#N)cc3)CC2)CC1. The van der Waals surface area contributed by atoms with E-state index in [-0.39, 0.29) is 24.0 Å². The largest absolute Gasteiger partial charge is 0.449 e. The lowest BCUT2D eigenvalue weighted by Gasteiger charge is -2.35. The number of benzene rings is 1. The number of rotatable bonds is 5. The Morgan fingerprint density at radius 1 is 1.10 bits per heavy atom. The van der Waals surface area contributed by atoms with Crippen molar-refractivity contribution in [1.29, 1.82) is 5.26 Å². The van der Waals surface area contributed by atoms with Crippen LogP contribution in [0.25, 0.3) is 0 Å². The molecular formula is C23H32N4O3. The van der Waals surface area contributed by atoms with Gasteiger partial charge in [0.15, 0.2) is 0 Å². The molecule has 3 rings (SSSR count). The van der Waals surface area contributed by atoms with Crippen LogP contribution in [0, 0.1) is 23.2 Å². The smallest absolute Gasteiger partial charge is 0.409 e. The fourth-order valence-electron chi connectivity index (χ4n) is 4.00. The Bertz CT molecular complexity index is 756. The predicted octanol–water partition coefficient (Wildman–Crippen LogP) is 3.15. The van der Waals surface area contributed by atoms with Gasteiger partial charge in [0.05, 0.1) is 18.2 Å². The van der Waals surface area contributed by atoms with Gasteiger partial charge in [0.25, 0.3) is 0 Å². The summed E-state index contributed by atoms with van der Waals surface area (Å²) in [6, 6.07) is 9.99. The van der Waals surface area contributed by atoms with Crippen molar-refractivity contribution in [2.24, 2.45) is 11.8 Å². The minimum absolute atomic E-state index is 0.0318. The third-order valence-electron chi connectivity index (χ3n) is 5.87. The van der Waals surface area contributed by atoms with Crippen LogP contribution >= 0.6 is 0 Å². The minimum Gasteiger partial charge on any atom is -0.449 e. The van der Waals surface area contributed by atoms with E-state index in [9.17, 15) is 9.59 Å². The van der Waals surface area contributed by atoms with E-state index in [1.807, 2.05) is 38.1 Å². The number of anilines is 1. The molecule has 2 aliphatic rings. The number of nitrogens with zero attached hydrogens (tertiary/aromatic N) is 3. The monoisotopic (exact) mass is 412 g/mol. The number of ether oxygens (including phenoxy) is 1. The average Bonchev–Trinajstić information content (AvgIpc) is 2.78.